The van der Waals surface area contributed by atoms with Crippen molar-refractivity contribution >= 4 is 17.9 Å². The van der Waals surface area contributed by atoms with Crippen molar-refractivity contribution in [1.82, 2.24) is 0 Å². The average molecular weight is 338 g/mol. The van der Waals surface area contributed by atoms with Gasteiger partial charge in [-0.2, -0.15) is 0 Å². The van der Waals surface area contributed by atoms with Gasteiger partial charge in [0.1, 0.15) is 19.8 Å². The third-order valence-corrected chi connectivity index (χ3v) is 3.30. The number of carbonyl (C=O) groups is 3. The molecule has 0 amide bonds. The molecule has 0 rings (SSSR count). The predicted octanol–water partition coefficient (Wildman–Crippen LogP) is 2.74. The van der Waals surface area contributed by atoms with E-state index in [0.717, 1.165) is 0 Å². The van der Waals surface area contributed by atoms with Crippen LogP contribution in [0, 0.1) is 5.41 Å². The Kier molecular flexibility index (Phi) is 10.9. The highest BCUT2D eigenvalue weighted by molar-refractivity contribution is 5.72. The highest BCUT2D eigenvalue weighted by Gasteiger charge is 2.34. The first-order chi connectivity index (χ1) is 11.4. The molecule has 0 fully saturated rings. The monoisotopic (exact) mass is 338 g/mol. The molecule has 0 saturated heterocycles. The molecule has 24 heavy (non-hydrogen) atoms. The van der Waals surface area contributed by atoms with Crippen LogP contribution in [0.2, 0.25) is 0 Å². The first kappa shape index (κ1) is 21.6. The molecule has 0 aromatic carbocycles. The summed E-state index contributed by atoms with van der Waals surface area (Å²) in [6, 6.07) is 0. The molecule has 0 aromatic heterocycles. The van der Waals surface area contributed by atoms with Crippen LogP contribution in [0.5, 0.6) is 0 Å². The summed E-state index contributed by atoms with van der Waals surface area (Å²) in [5.41, 5.74) is -0.801. The zero-order valence-corrected chi connectivity index (χ0v) is 14.3. The number of ether oxygens (including phenoxy) is 3. The first-order valence-corrected chi connectivity index (χ1v) is 7.72. The number of carbonyl (C=O) groups excluding carboxylic acids is 3. The maximum absolute atomic E-state index is 11.6. The van der Waals surface area contributed by atoms with Crippen LogP contribution in [-0.4, -0.2) is 37.7 Å². The first-order valence-electron chi connectivity index (χ1n) is 7.72. The summed E-state index contributed by atoms with van der Waals surface area (Å²) >= 11 is 0. The number of rotatable bonds is 13. The van der Waals surface area contributed by atoms with Gasteiger partial charge in [0.05, 0.1) is 24.7 Å². The Balaban J connectivity index is 4.89. The van der Waals surface area contributed by atoms with Crippen LogP contribution >= 0.6 is 0 Å². The Morgan fingerprint density at radius 1 is 0.750 bits per heavy atom. The Morgan fingerprint density at radius 3 is 1.25 bits per heavy atom. The van der Waals surface area contributed by atoms with Crippen molar-refractivity contribution in [2.45, 2.75) is 32.6 Å². The predicted molar refractivity (Wildman–Crippen MR) is 90.0 cm³/mol. The van der Waals surface area contributed by atoms with Gasteiger partial charge in [0.15, 0.2) is 0 Å². The van der Waals surface area contributed by atoms with Crippen molar-refractivity contribution in [3.63, 3.8) is 0 Å². The van der Waals surface area contributed by atoms with Crippen LogP contribution < -0.4 is 0 Å². The van der Waals surface area contributed by atoms with Crippen molar-refractivity contribution in [3.05, 3.63) is 38.0 Å². The molecule has 0 aliphatic heterocycles. The summed E-state index contributed by atoms with van der Waals surface area (Å²) in [5.74, 6) is -1.34. The Hall–Kier alpha value is -2.37. The van der Waals surface area contributed by atoms with Crippen molar-refractivity contribution in [3.8, 4) is 0 Å². The van der Waals surface area contributed by atoms with Gasteiger partial charge in [0, 0.05) is 0 Å². The lowest BCUT2D eigenvalue weighted by Crippen LogP contribution is -2.39. The second-order valence-electron chi connectivity index (χ2n) is 5.31. The molecule has 0 heterocycles. The highest BCUT2D eigenvalue weighted by Crippen LogP contribution is 2.25. The van der Waals surface area contributed by atoms with Gasteiger partial charge in [0.2, 0.25) is 0 Å². The van der Waals surface area contributed by atoms with E-state index in [1.165, 1.54) is 18.2 Å². The summed E-state index contributed by atoms with van der Waals surface area (Å²) in [6.45, 7) is 12.2. The normalized spacial score (nSPS) is 10.4. The van der Waals surface area contributed by atoms with Gasteiger partial charge >= 0.3 is 17.9 Å². The molecular formula is C18H26O6. The summed E-state index contributed by atoms with van der Waals surface area (Å²) in [7, 11) is 0. The van der Waals surface area contributed by atoms with Gasteiger partial charge in [-0.05, 0) is 6.42 Å². The molecule has 0 bridgehead atoms. The van der Waals surface area contributed by atoms with Crippen molar-refractivity contribution in [1.29, 1.82) is 0 Å². The standard InChI is InChI=1S/C18H26O6/c1-5-9-15(19)22-12-18(8-4,13-23-16(20)10-6-2)14-24-17(21)11-7-3/h5-7H,1-3,8-14H2,4H3. The van der Waals surface area contributed by atoms with E-state index in [-0.39, 0.29) is 39.1 Å². The minimum atomic E-state index is -0.801. The smallest absolute Gasteiger partial charge is 0.309 e. The van der Waals surface area contributed by atoms with Crippen molar-refractivity contribution in [2.24, 2.45) is 5.41 Å². The van der Waals surface area contributed by atoms with Crippen LogP contribution in [0.1, 0.15) is 32.6 Å². The van der Waals surface area contributed by atoms with Gasteiger partial charge in [0.25, 0.3) is 0 Å². The average Bonchev–Trinajstić information content (AvgIpc) is 2.55. The van der Waals surface area contributed by atoms with Crippen LogP contribution in [-0.2, 0) is 28.6 Å². The molecule has 6 heteroatoms. The second-order valence-corrected chi connectivity index (χ2v) is 5.31. The molecule has 0 aromatic rings. The Bertz CT molecular complexity index is 402. The van der Waals surface area contributed by atoms with Crippen LogP contribution in [0.15, 0.2) is 38.0 Å². The van der Waals surface area contributed by atoms with E-state index in [1.807, 2.05) is 6.92 Å². The maximum atomic E-state index is 11.6. The molecule has 6 nitrogen and oxygen atoms in total. The van der Waals surface area contributed by atoms with Crippen molar-refractivity contribution in [2.75, 3.05) is 19.8 Å². The lowest BCUT2D eigenvalue weighted by atomic mass is 9.88. The molecule has 0 unspecified atom stereocenters. The van der Waals surface area contributed by atoms with Gasteiger partial charge in [-0.1, -0.05) is 25.2 Å². The fraction of sp³-hybridized carbons (Fsp3) is 0.500. The zero-order valence-electron chi connectivity index (χ0n) is 14.3. The lowest BCUT2D eigenvalue weighted by molar-refractivity contribution is -0.161. The van der Waals surface area contributed by atoms with Crippen LogP contribution in [0.25, 0.3) is 0 Å². The minimum Gasteiger partial charge on any atom is -0.465 e. The van der Waals surface area contributed by atoms with Crippen LogP contribution in [0.3, 0.4) is 0 Å². The molecular weight excluding hydrogens is 312 g/mol. The van der Waals surface area contributed by atoms with Crippen LogP contribution in [0.4, 0.5) is 0 Å². The zero-order chi connectivity index (χ0) is 18.4. The molecule has 0 radical (unpaired) electrons. The second kappa shape index (κ2) is 12.1. The van der Waals surface area contributed by atoms with E-state index >= 15 is 0 Å². The molecule has 0 atom stereocenters. The Morgan fingerprint density at radius 2 is 1.04 bits per heavy atom. The highest BCUT2D eigenvalue weighted by atomic mass is 16.6. The van der Waals surface area contributed by atoms with E-state index in [2.05, 4.69) is 19.7 Å². The molecule has 0 spiro atoms. The van der Waals surface area contributed by atoms with Gasteiger partial charge < -0.3 is 14.2 Å². The van der Waals surface area contributed by atoms with E-state index in [4.69, 9.17) is 14.2 Å². The molecule has 0 aliphatic rings. The topological polar surface area (TPSA) is 78.9 Å². The third kappa shape index (κ3) is 8.92. The van der Waals surface area contributed by atoms with Gasteiger partial charge in [-0.25, -0.2) is 0 Å². The van der Waals surface area contributed by atoms with Gasteiger partial charge in [-0.3, -0.25) is 14.4 Å². The number of esters is 3. The lowest BCUT2D eigenvalue weighted by Gasteiger charge is -2.31. The summed E-state index contributed by atoms with van der Waals surface area (Å²) in [6.07, 6.45) is 5.01. The molecule has 0 N–H and O–H groups in total. The van der Waals surface area contributed by atoms with E-state index in [0.29, 0.717) is 6.42 Å². The Labute approximate surface area is 143 Å². The SMILES string of the molecule is C=CCC(=O)OCC(CC)(COC(=O)CC=C)COC(=O)CC=C. The fourth-order valence-electron chi connectivity index (χ4n) is 1.66. The maximum Gasteiger partial charge on any atom is 0.309 e. The van der Waals surface area contributed by atoms with Gasteiger partial charge in [-0.15, -0.1) is 19.7 Å². The summed E-state index contributed by atoms with van der Waals surface area (Å²) < 4.78 is 15.6. The quantitative estimate of drug-likeness (QED) is 0.292. The van der Waals surface area contributed by atoms with E-state index in [9.17, 15) is 14.4 Å². The van der Waals surface area contributed by atoms with E-state index < -0.39 is 23.3 Å². The van der Waals surface area contributed by atoms with E-state index in [1.54, 1.807) is 0 Å². The van der Waals surface area contributed by atoms with Crippen molar-refractivity contribution < 1.29 is 28.6 Å². The molecule has 0 saturated carbocycles. The third-order valence-electron chi connectivity index (χ3n) is 3.30. The largest absolute Gasteiger partial charge is 0.465 e. The summed E-state index contributed by atoms with van der Waals surface area (Å²) in [4.78, 5) is 34.7. The summed E-state index contributed by atoms with van der Waals surface area (Å²) in [5, 5.41) is 0. The number of hydrogen-bond donors (Lipinski definition) is 0. The fourth-order valence-corrected chi connectivity index (χ4v) is 1.66. The number of hydrogen-bond acceptors (Lipinski definition) is 6. The minimum absolute atomic E-state index is 0.0289. The molecule has 134 valence electrons. The molecule has 0 aliphatic carbocycles.